The molecule has 0 spiro atoms. The third-order valence-corrected chi connectivity index (χ3v) is 7.18. The van der Waals surface area contributed by atoms with Gasteiger partial charge in [-0.1, -0.05) is 104 Å². The first-order valence-electron chi connectivity index (χ1n) is 13.0. The summed E-state index contributed by atoms with van der Waals surface area (Å²) in [5.41, 5.74) is 0. The first kappa shape index (κ1) is 30.3. The minimum Gasteiger partial charge on any atom is -0.481 e. The van der Waals surface area contributed by atoms with Crippen LogP contribution in [0.3, 0.4) is 0 Å². The standard InChI is InChI=1S/C26H50O4S/c1-4-7-9-10-11-12-13-14-15-16-18-24(26(28)29)22-31-20-19-25(27)30-21-23(6-3)17-8-5-2/h23-24H,4-22H2,1-3H3,(H,28,29). The number of ether oxygens (including phenoxy) is 1. The second-order valence-electron chi connectivity index (χ2n) is 8.93. The number of carbonyl (C=O) groups excluding carboxylic acids is 1. The van der Waals surface area contributed by atoms with Gasteiger partial charge >= 0.3 is 11.9 Å². The Bertz CT molecular complexity index is 428. The predicted molar refractivity (Wildman–Crippen MR) is 134 cm³/mol. The van der Waals surface area contributed by atoms with E-state index in [1.807, 2.05) is 0 Å². The topological polar surface area (TPSA) is 63.6 Å². The molecule has 0 heterocycles. The Morgan fingerprint density at radius 1 is 0.806 bits per heavy atom. The van der Waals surface area contributed by atoms with Gasteiger partial charge in [-0.2, -0.15) is 11.8 Å². The third-order valence-electron chi connectivity index (χ3n) is 6.05. The van der Waals surface area contributed by atoms with Crippen LogP contribution < -0.4 is 0 Å². The van der Waals surface area contributed by atoms with Crippen molar-refractivity contribution in [3.05, 3.63) is 0 Å². The number of hydrogen-bond donors (Lipinski definition) is 1. The number of carboxylic acids is 1. The highest BCUT2D eigenvalue weighted by Gasteiger charge is 2.17. The van der Waals surface area contributed by atoms with Gasteiger partial charge in [0, 0.05) is 11.5 Å². The molecule has 0 aliphatic heterocycles. The van der Waals surface area contributed by atoms with E-state index in [0.29, 0.717) is 30.5 Å². The van der Waals surface area contributed by atoms with E-state index in [4.69, 9.17) is 4.74 Å². The van der Waals surface area contributed by atoms with Gasteiger partial charge in [0.1, 0.15) is 0 Å². The van der Waals surface area contributed by atoms with E-state index in [-0.39, 0.29) is 11.9 Å². The van der Waals surface area contributed by atoms with Crippen LogP contribution in [0.15, 0.2) is 0 Å². The SMILES string of the molecule is CCCCCCCCCCCCC(CSCCC(=O)OCC(CC)CCCC)C(=O)O. The molecule has 0 aliphatic rings. The number of carboxylic acid groups (broad SMARTS) is 1. The van der Waals surface area contributed by atoms with E-state index in [2.05, 4.69) is 20.8 Å². The molecule has 0 bridgehead atoms. The lowest BCUT2D eigenvalue weighted by Gasteiger charge is -2.15. The van der Waals surface area contributed by atoms with Gasteiger partial charge in [-0.25, -0.2) is 0 Å². The largest absolute Gasteiger partial charge is 0.481 e. The van der Waals surface area contributed by atoms with Crippen molar-refractivity contribution in [2.24, 2.45) is 11.8 Å². The van der Waals surface area contributed by atoms with Crippen LogP contribution in [0, 0.1) is 11.8 Å². The van der Waals surface area contributed by atoms with Gasteiger partial charge in [-0.15, -0.1) is 0 Å². The minimum atomic E-state index is -0.701. The summed E-state index contributed by atoms with van der Waals surface area (Å²) in [6.45, 7) is 7.09. The van der Waals surface area contributed by atoms with Crippen LogP contribution in [0.4, 0.5) is 0 Å². The van der Waals surface area contributed by atoms with E-state index >= 15 is 0 Å². The summed E-state index contributed by atoms with van der Waals surface area (Å²) >= 11 is 1.57. The van der Waals surface area contributed by atoms with Crippen LogP contribution >= 0.6 is 11.8 Å². The Balaban J connectivity index is 3.75. The molecule has 0 saturated carbocycles. The van der Waals surface area contributed by atoms with Crippen molar-refractivity contribution >= 4 is 23.7 Å². The number of esters is 1. The van der Waals surface area contributed by atoms with Crippen molar-refractivity contribution in [3.8, 4) is 0 Å². The molecule has 2 atom stereocenters. The number of rotatable bonds is 23. The molecule has 4 nitrogen and oxygen atoms in total. The fourth-order valence-corrected chi connectivity index (χ4v) is 4.79. The Hall–Kier alpha value is -0.710. The molecule has 0 saturated heterocycles. The predicted octanol–water partition coefficient (Wildman–Crippen LogP) is 7.88. The van der Waals surface area contributed by atoms with E-state index in [1.54, 1.807) is 11.8 Å². The molecule has 0 aromatic rings. The molecule has 2 unspecified atom stereocenters. The average Bonchev–Trinajstić information content (AvgIpc) is 2.76. The third kappa shape index (κ3) is 19.7. The summed E-state index contributed by atoms with van der Waals surface area (Å²) in [6.07, 6.45) is 18.3. The highest BCUT2D eigenvalue weighted by atomic mass is 32.2. The summed E-state index contributed by atoms with van der Waals surface area (Å²) in [5, 5.41) is 9.46. The van der Waals surface area contributed by atoms with Crippen LogP contribution in [0.25, 0.3) is 0 Å². The van der Waals surface area contributed by atoms with Crippen molar-refractivity contribution in [1.82, 2.24) is 0 Å². The Morgan fingerprint density at radius 2 is 1.39 bits per heavy atom. The summed E-state index contributed by atoms with van der Waals surface area (Å²) in [5.74, 6) is 0.555. The van der Waals surface area contributed by atoms with E-state index < -0.39 is 5.97 Å². The normalized spacial score (nSPS) is 13.1. The molecular weight excluding hydrogens is 408 g/mol. The number of hydrogen-bond acceptors (Lipinski definition) is 4. The molecule has 0 radical (unpaired) electrons. The molecule has 1 N–H and O–H groups in total. The molecule has 5 heteroatoms. The molecule has 184 valence electrons. The zero-order valence-corrected chi connectivity index (χ0v) is 21.5. The fraction of sp³-hybridized carbons (Fsp3) is 0.923. The summed E-state index contributed by atoms with van der Waals surface area (Å²) in [7, 11) is 0. The first-order valence-corrected chi connectivity index (χ1v) is 14.2. The van der Waals surface area contributed by atoms with Crippen molar-refractivity contribution in [2.45, 2.75) is 124 Å². The Labute approximate surface area is 196 Å². The van der Waals surface area contributed by atoms with E-state index in [9.17, 15) is 14.7 Å². The summed E-state index contributed by atoms with van der Waals surface area (Å²) in [4.78, 5) is 23.4. The second-order valence-corrected chi connectivity index (χ2v) is 10.1. The zero-order chi connectivity index (χ0) is 23.2. The zero-order valence-electron chi connectivity index (χ0n) is 20.7. The van der Waals surface area contributed by atoms with Crippen LogP contribution in [0.1, 0.15) is 124 Å². The molecule has 0 rings (SSSR count). The molecular formula is C26H50O4S. The Morgan fingerprint density at radius 3 is 1.94 bits per heavy atom. The number of thioether (sulfide) groups is 1. The molecule has 0 amide bonds. The number of unbranched alkanes of at least 4 members (excludes halogenated alkanes) is 10. The fourth-order valence-electron chi connectivity index (χ4n) is 3.72. The molecule has 0 fully saturated rings. The maximum Gasteiger partial charge on any atom is 0.307 e. The van der Waals surface area contributed by atoms with Gasteiger partial charge in [-0.3, -0.25) is 9.59 Å². The smallest absolute Gasteiger partial charge is 0.307 e. The van der Waals surface area contributed by atoms with Gasteiger partial charge in [0.05, 0.1) is 18.9 Å². The van der Waals surface area contributed by atoms with Crippen LogP contribution in [-0.2, 0) is 14.3 Å². The highest BCUT2D eigenvalue weighted by molar-refractivity contribution is 7.99. The van der Waals surface area contributed by atoms with Crippen molar-refractivity contribution in [2.75, 3.05) is 18.1 Å². The lowest BCUT2D eigenvalue weighted by atomic mass is 10.0. The van der Waals surface area contributed by atoms with Gasteiger partial charge in [0.15, 0.2) is 0 Å². The van der Waals surface area contributed by atoms with Crippen LogP contribution in [0.2, 0.25) is 0 Å². The van der Waals surface area contributed by atoms with Crippen molar-refractivity contribution < 1.29 is 19.4 Å². The van der Waals surface area contributed by atoms with Crippen LogP contribution in [-0.4, -0.2) is 35.2 Å². The highest BCUT2D eigenvalue weighted by Crippen LogP contribution is 2.19. The molecule has 0 aliphatic carbocycles. The molecule has 0 aromatic heterocycles. The number of aliphatic carboxylic acids is 1. The van der Waals surface area contributed by atoms with Crippen molar-refractivity contribution in [1.29, 1.82) is 0 Å². The monoisotopic (exact) mass is 458 g/mol. The van der Waals surface area contributed by atoms with Crippen LogP contribution in [0.5, 0.6) is 0 Å². The first-order chi connectivity index (χ1) is 15.0. The molecule has 0 aromatic carbocycles. The lowest BCUT2D eigenvalue weighted by molar-refractivity contribution is -0.144. The van der Waals surface area contributed by atoms with E-state index in [0.717, 1.165) is 32.1 Å². The van der Waals surface area contributed by atoms with Gasteiger partial charge in [0.2, 0.25) is 0 Å². The maximum absolute atomic E-state index is 11.9. The van der Waals surface area contributed by atoms with Gasteiger partial charge in [-0.05, 0) is 18.8 Å². The minimum absolute atomic E-state index is 0.149. The summed E-state index contributed by atoms with van der Waals surface area (Å²) < 4.78 is 5.42. The van der Waals surface area contributed by atoms with E-state index in [1.165, 1.54) is 64.2 Å². The quantitative estimate of drug-likeness (QED) is 0.125. The second kappa shape index (κ2) is 22.5. The van der Waals surface area contributed by atoms with Gasteiger partial charge < -0.3 is 9.84 Å². The molecule has 31 heavy (non-hydrogen) atoms. The van der Waals surface area contributed by atoms with Gasteiger partial charge in [0.25, 0.3) is 0 Å². The summed E-state index contributed by atoms with van der Waals surface area (Å²) in [6, 6.07) is 0. The average molecular weight is 459 g/mol. The maximum atomic E-state index is 11.9. The van der Waals surface area contributed by atoms with Crippen molar-refractivity contribution in [3.63, 3.8) is 0 Å². The lowest BCUT2D eigenvalue weighted by Crippen LogP contribution is -2.17. The Kier molecular flexibility index (Phi) is 22.0. The number of carbonyl (C=O) groups is 2.